The fraction of sp³-hybridized carbons (Fsp3) is 0.909. The van der Waals surface area contributed by atoms with Crippen LogP contribution in [-0.2, 0) is 4.79 Å². The van der Waals surface area contributed by atoms with E-state index in [-0.39, 0.29) is 11.5 Å². The maximum atomic E-state index is 11.3. The molecule has 0 heterocycles. The van der Waals surface area contributed by atoms with E-state index >= 15 is 0 Å². The summed E-state index contributed by atoms with van der Waals surface area (Å²) >= 11 is 0. The van der Waals surface area contributed by atoms with Crippen LogP contribution >= 0.6 is 0 Å². The summed E-state index contributed by atoms with van der Waals surface area (Å²) in [6, 6.07) is 0.414. The fourth-order valence-electron chi connectivity index (χ4n) is 2.18. The van der Waals surface area contributed by atoms with Gasteiger partial charge in [-0.1, -0.05) is 6.42 Å². The van der Waals surface area contributed by atoms with Crippen molar-refractivity contribution in [3.8, 4) is 0 Å². The molecule has 1 unspecified atom stereocenters. The summed E-state index contributed by atoms with van der Waals surface area (Å²) in [5.41, 5.74) is 0.128. The van der Waals surface area contributed by atoms with Gasteiger partial charge in [0.05, 0.1) is 0 Å². The van der Waals surface area contributed by atoms with Gasteiger partial charge in [-0.05, 0) is 40.5 Å². The van der Waals surface area contributed by atoms with Crippen LogP contribution in [0.1, 0.15) is 47.0 Å². The highest BCUT2D eigenvalue weighted by Crippen LogP contribution is 2.27. The van der Waals surface area contributed by atoms with Crippen LogP contribution in [0.4, 0.5) is 0 Å². The first-order chi connectivity index (χ1) is 5.90. The first-order valence-electron chi connectivity index (χ1n) is 5.18. The zero-order chi connectivity index (χ0) is 10.1. The van der Waals surface area contributed by atoms with Crippen molar-refractivity contribution in [1.29, 1.82) is 0 Å². The normalized spacial score (nSPS) is 29.2. The predicted molar refractivity (Wildman–Crippen MR) is 54.7 cm³/mol. The minimum absolute atomic E-state index is 0.128. The Morgan fingerprint density at radius 3 is 2.38 bits per heavy atom. The highest BCUT2D eigenvalue weighted by molar-refractivity contribution is 5.79. The Kier molecular flexibility index (Phi) is 3.12. The Labute approximate surface area is 81.1 Å². The number of hydrogen-bond donors (Lipinski definition) is 1. The fourth-order valence-corrected chi connectivity index (χ4v) is 2.18. The van der Waals surface area contributed by atoms with Crippen LogP contribution in [0.2, 0.25) is 0 Å². The largest absolute Gasteiger partial charge is 0.309 e. The summed E-state index contributed by atoms with van der Waals surface area (Å²) in [6.45, 7) is 8.18. The van der Waals surface area contributed by atoms with Crippen molar-refractivity contribution in [2.24, 2.45) is 5.92 Å². The van der Waals surface area contributed by atoms with E-state index in [1.807, 2.05) is 0 Å². The van der Waals surface area contributed by atoms with Crippen molar-refractivity contribution < 1.29 is 4.79 Å². The van der Waals surface area contributed by atoms with E-state index in [9.17, 15) is 4.79 Å². The lowest BCUT2D eigenvalue weighted by atomic mass is 9.96. The molecule has 0 bridgehead atoms. The molecule has 1 aliphatic carbocycles. The Bertz CT molecular complexity index is 193. The number of carbonyl (C=O) groups excluding carboxylic acids is 1. The van der Waals surface area contributed by atoms with Crippen LogP contribution in [0.5, 0.6) is 0 Å². The molecule has 0 aliphatic heterocycles. The van der Waals surface area contributed by atoms with Crippen molar-refractivity contribution in [2.45, 2.75) is 58.5 Å². The summed E-state index contributed by atoms with van der Waals surface area (Å²) in [7, 11) is 0. The smallest absolute Gasteiger partial charge is 0.134 e. The van der Waals surface area contributed by atoms with Crippen LogP contribution in [0, 0.1) is 5.92 Å². The van der Waals surface area contributed by atoms with Crippen molar-refractivity contribution in [3.05, 3.63) is 0 Å². The van der Waals surface area contributed by atoms with Gasteiger partial charge in [-0.3, -0.25) is 4.79 Å². The van der Waals surface area contributed by atoms with Crippen LogP contribution in [0.15, 0.2) is 0 Å². The molecule has 1 aliphatic rings. The molecule has 0 aromatic rings. The van der Waals surface area contributed by atoms with E-state index in [0.29, 0.717) is 11.8 Å². The minimum atomic E-state index is 0.128. The summed E-state index contributed by atoms with van der Waals surface area (Å²) in [6.07, 6.45) is 3.42. The molecule has 2 atom stereocenters. The van der Waals surface area contributed by atoms with Crippen LogP contribution in [0.25, 0.3) is 0 Å². The highest BCUT2D eigenvalue weighted by atomic mass is 16.1. The zero-order valence-corrected chi connectivity index (χ0v) is 9.18. The molecular weight excluding hydrogens is 162 g/mol. The van der Waals surface area contributed by atoms with Gasteiger partial charge < -0.3 is 5.32 Å². The zero-order valence-electron chi connectivity index (χ0n) is 9.18. The SMILES string of the molecule is CC(=O)C1CCC[C@@H]1NC(C)(C)C. The van der Waals surface area contributed by atoms with Gasteiger partial charge in [0.2, 0.25) is 0 Å². The van der Waals surface area contributed by atoms with Gasteiger partial charge in [-0.25, -0.2) is 0 Å². The van der Waals surface area contributed by atoms with E-state index in [1.165, 1.54) is 6.42 Å². The Morgan fingerprint density at radius 1 is 1.31 bits per heavy atom. The molecule has 13 heavy (non-hydrogen) atoms. The van der Waals surface area contributed by atoms with Gasteiger partial charge in [0, 0.05) is 17.5 Å². The molecule has 0 saturated heterocycles. The predicted octanol–water partition coefficient (Wildman–Crippen LogP) is 2.13. The molecule has 2 heteroatoms. The summed E-state index contributed by atoms with van der Waals surface area (Å²) in [4.78, 5) is 11.3. The number of Topliss-reactive ketones (excluding diaryl/α,β-unsaturated/α-hetero) is 1. The van der Waals surface area contributed by atoms with Crippen LogP contribution in [-0.4, -0.2) is 17.4 Å². The highest BCUT2D eigenvalue weighted by Gasteiger charge is 2.32. The molecule has 1 N–H and O–H groups in total. The lowest BCUT2D eigenvalue weighted by molar-refractivity contribution is -0.121. The average molecular weight is 183 g/mol. The molecule has 0 spiro atoms. The standard InChI is InChI=1S/C11H21NO/c1-8(13)9-6-5-7-10(9)12-11(2,3)4/h9-10,12H,5-7H2,1-4H3/t9?,10-/m0/s1. The van der Waals surface area contributed by atoms with Crippen LogP contribution < -0.4 is 5.32 Å². The Hall–Kier alpha value is -0.370. The average Bonchev–Trinajstić information content (AvgIpc) is 2.31. The number of rotatable bonds is 2. The third-order valence-corrected chi connectivity index (χ3v) is 2.66. The minimum Gasteiger partial charge on any atom is -0.309 e. The van der Waals surface area contributed by atoms with Crippen molar-refractivity contribution in [1.82, 2.24) is 5.32 Å². The maximum absolute atomic E-state index is 11.3. The van der Waals surface area contributed by atoms with Crippen molar-refractivity contribution in [2.75, 3.05) is 0 Å². The second-order valence-corrected chi connectivity index (χ2v) is 5.15. The van der Waals surface area contributed by atoms with Crippen LogP contribution in [0.3, 0.4) is 0 Å². The third kappa shape index (κ3) is 3.11. The quantitative estimate of drug-likeness (QED) is 0.710. The Morgan fingerprint density at radius 2 is 1.92 bits per heavy atom. The number of hydrogen-bond acceptors (Lipinski definition) is 2. The first-order valence-corrected chi connectivity index (χ1v) is 5.18. The topological polar surface area (TPSA) is 29.1 Å². The summed E-state index contributed by atoms with van der Waals surface area (Å²) in [5.74, 6) is 0.610. The molecule has 1 saturated carbocycles. The Balaban J connectivity index is 2.54. The maximum Gasteiger partial charge on any atom is 0.134 e. The second kappa shape index (κ2) is 3.79. The van der Waals surface area contributed by atoms with Gasteiger partial charge >= 0.3 is 0 Å². The van der Waals surface area contributed by atoms with Crippen molar-refractivity contribution in [3.63, 3.8) is 0 Å². The lowest BCUT2D eigenvalue weighted by Crippen LogP contribution is -2.46. The molecular formula is C11H21NO. The molecule has 76 valence electrons. The molecule has 1 rings (SSSR count). The molecule has 1 fully saturated rings. The lowest BCUT2D eigenvalue weighted by Gasteiger charge is -2.28. The van der Waals surface area contributed by atoms with E-state index in [1.54, 1.807) is 6.92 Å². The molecule has 0 aromatic carbocycles. The monoisotopic (exact) mass is 183 g/mol. The van der Waals surface area contributed by atoms with Gasteiger partial charge in [0.25, 0.3) is 0 Å². The summed E-state index contributed by atoms with van der Waals surface area (Å²) in [5, 5.41) is 3.53. The third-order valence-electron chi connectivity index (χ3n) is 2.66. The van der Waals surface area contributed by atoms with E-state index in [2.05, 4.69) is 26.1 Å². The number of nitrogens with one attached hydrogen (secondary N) is 1. The molecule has 0 amide bonds. The molecule has 0 radical (unpaired) electrons. The molecule has 0 aromatic heterocycles. The molecule has 2 nitrogen and oxygen atoms in total. The second-order valence-electron chi connectivity index (χ2n) is 5.15. The summed E-state index contributed by atoms with van der Waals surface area (Å²) < 4.78 is 0. The van der Waals surface area contributed by atoms with E-state index < -0.39 is 0 Å². The van der Waals surface area contributed by atoms with E-state index in [4.69, 9.17) is 0 Å². The number of carbonyl (C=O) groups is 1. The van der Waals surface area contributed by atoms with Gasteiger partial charge in [-0.2, -0.15) is 0 Å². The van der Waals surface area contributed by atoms with Gasteiger partial charge in [0.15, 0.2) is 0 Å². The van der Waals surface area contributed by atoms with Gasteiger partial charge in [0.1, 0.15) is 5.78 Å². The van der Waals surface area contributed by atoms with Crippen molar-refractivity contribution >= 4 is 5.78 Å². The van der Waals surface area contributed by atoms with E-state index in [0.717, 1.165) is 12.8 Å². The first kappa shape index (κ1) is 10.7. The van der Waals surface area contributed by atoms with Gasteiger partial charge in [-0.15, -0.1) is 0 Å². The number of ketones is 1.